The molecule has 82 valence electrons. The zero-order valence-corrected chi connectivity index (χ0v) is 10.4. The van der Waals surface area contributed by atoms with Crippen molar-refractivity contribution in [1.82, 2.24) is 10.3 Å². The number of rotatable bonds is 4. The summed E-state index contributed by atoms with van der Waals surface area (Å²) >= 11 is 3.41. The highest BCUT2D eigenvalue weighted by molar-refractivity contribution is 9.10. The highest BCUT2D eigenvalue weighted by atomic mass is 79.9. The minimum atomic E-state index is 0.000521. The maximum absolute atomic E-state index is 11.3. The van der Waals surface area contributed by atoms with Crippen LogP contribution in [0.25, 0.3) is 0 Å². The standard InChI is InChI=1S/C10H14BrN3O/c1-3-14(7-10(15)12-2)9-4-5-13-6-8(9)11/h4-6H,3,7H2,1-2H3,(H,12,15). The molecule has 5 heteroatoms. The molecule has 0 aliphatic carbocycles. The number of nitrogens with one attached hydrogen (secondary N) is 1. The van der Waals surface area contributed by atoms with Crippen LogP contribution in [0.15, 0.2) is 22.9 Å². The summed E-state index contributed by atoms with van der Waals surface area (Å²) in [6, 6.07) is 1.89. The molecule has 0 fully saturated rings. The number of carbonyl (C=O) groups excluding carboxylic acids is 1. The molecule has 0 aliphatic heterocycles. The molecule has 15 heavy (non-hydrogen) atoms. The summed E-state index contributed by atoms with van der Waals surface area (Å²) in [6.45, 7) is 3.14. The van der Waals surface area contributed by atoms with Gasteiger partial charge in [0.2, 0.25) is 5.91 Å². The molecule has 4 nitrogen and oxygen atoms in total. The molecule has 1 aromatic rings. The van der Waals surface area contributed by atoms with Gasteiger partial charge in [-0.15, -0.1) is 0 Å². The zero-order valence-electron chi connectivity index (χ0n) is 8.83. The summed E-state index contributed by atoms with van der Waals surface area (Å²) in [4.78, 5) is 17.2. The minimum Gasteiger partial charge on any atom is -0.361 e. The molecule has 0 spiro atoms. The lowest BCUT2D eigenvalue weighted by Gasteiger charge is -2.22. The highest BCUT2D eigenvalue weighted by Crippen LogP contribution is 2.24. The Labute approximate surface area is 97.8 Å². The second kappa shape index (κ2) is 5.70. The number of carbonyl (C=O) groups is 1. The van der Waals surface area contributed by atoms with Crippen molar-refractivity contribution in [1.29, 1.82) is 0 Å². The second-order valence-electron chi connectivity index (χ2n) is 3.01. The number of amides is 1. The van der Waals surface area contributed by atoms with E-state index in [0.29, 0.717) is 6.54 Å². The average molecular weight is 272 g/mol. The van der Waals surface area contributed by atoms with Crippen LogP contribution in [-0.2, 0) is 4.79 Å². The van der Waals surface area contributed by atoms with Gasteiger partial charge in [0.1, 0.15) is 0 Å². The Hall–Kier alpha value is -1.10. The van der Waals surface area contributed by atoms with Gasteiger partial charge in [0.25, 0.3) is 0 Å². The Morgan fingerprint density at radius 2 is 2.40 bits per heavy atom. The molecular weight excluding hydrogens is 258 g/mol. The van der Waals surface area contributed by atoms with Crippen LogP contribution >= 0.6 is 15.9 Å². The van der Waals surface area contributed by atoms with Gasteiger partial charge in [-0.1, -0.05) is 0 Å². The molecule has 0 aliphatic rings. The first-order valence-electron chi connectivity index (χ1n) is 4.74. The summed E-state index contributed by atoms with van der Waals surface area (Å²) in [5.41, 5.74) is 0.983. The maximum Gasteiger partial charge on any atom is 0.239 e. The fourth-order valence-electron chi connectivity index (χ4n) is 1.24. The summed E-state index contributed by atoms with van der Waals surface area (Å²) in [6.07, 6.45) is 3.44. The molecule has 0 saturated heterocycles. The van der Waals surface area contributed by atoms with Crippen molar-refractivity contribution < 1.29 is 4.79 Å². The van der Waals surface area contributed by atoms with Crippen LogP contribution in [0.4, 0.5) is 5.69 Å². The predicted molar refractivity (Wildman–Crippen MR) is 63.9 cm³/mol. The molecule has 0 atom stereocenters. The topological polar surface area (TPSA) is 45.2 Å². The van der Waals surface area contributed by atoms with E-state index in [4.69, 9.17) is 0 Å². The molecule has 1 amide bonds. The van der Waals surface area contributed by atoms with E-state index in [1.807, 2.05) is 17.9 Å². The van der Waals surface area contributed by atoms with Gasteiger partial charge in [-0.05, 0) is 28.9 Å². The van der Waals surface area contributed by atoms with Crippen LogP contribution in [0.2, 0.25) is 0 Å². The van der Waals surface area contributed by atoms with E-state index >= 15 is 0 Å². The molecule has 1 aromatic heterocycles. The molecular formula is C10H14BrN3O. The summed E-state index contributed by atoms with van der Waals surface area (Å²) < 4.78 is 0.899. The summed E-state index contributed by atoms with van der Waals surface area (Å²) in [5, 5.41) is 2.61. The fraction of sp³-hybridized carbons (Fsp3) is 0.400. The Morgan fingerprint density at radius 1 is 1.67 bits per heavy atom. The van der Waals surface area contributed by atoms with E-state index in [0.717, 1.165) is 16.7 Å². The van der Waals surface area contributed by atoms with Gasteiger partial charge < -0.3 is 10.2 Å². The van der Waals surface area contributed by atoms with Gasteiger partial charge in [-0.3, -0.25) is 9.78 Å². The number of aromatic nitrogens is 1. The van der Waals surface area contributed by atoms with E-state index in [1.165, 1.54) is 0 Å². The SMILES string of the molecule is CCN(CC(=O)NC)c1ccncc1Br. The van der Waals surface area contributed by atoms with Gasteiger partial charge in [0, 0.05) is 26.0 Å². The molecule has 0 radical (unpaired) electrons. The first-order chi connectivity index (χ1) is 7.19. The van der Waals surface area contributed by atoms with Crippen molar-refractivity contribution in [2.45, 2.75) is 6.92 Å². The van der Waals surface area contributed by atoms with Gasteiger partial charge >= 0.3 is 0 Å². The molecule has 0 saturated carbocycles. The molecule has 0 aromatic carbocycles. The van der Waals surface area contributed by atoms with Crippen molar-refractivity contribution in [3.63, 3.8) is 0 Å². The van der Waals surface area contributed by atoms with Gasteiger partial charge in [0.15, 0.2) is 0 Å². The molecule has 1 N–H and O–H groups in total. The van der Waals surface area contributed by atoms with Crippen LogP contribution in [0, 0.1) is 0 Å². The van der Waals surface area contributed by atoms with Gasteiger partial charge in [-0.25, -0.2) is 0 Å². The smallest absolute Gasteiger partial charge is 0.239 e. The van der Waals surface area contributed by atoms with E-state index in [-0.39, 0.29) is 5.91 Å². The molecule has 1 rings (SSSR count). The van der Waals surface area contributed by atoms with E-state index < -0.39 is 0 Å². The van der Waals surface area contributed by atoms with Gasteiger partial charge in [0.05, 0.1) is 16.7 Å². The Bertz CT molecular complexity index is 343. The number of hydrogen-bond donors (Lipinski definition) is 1. The summed E-state index contributed by atoms with van der Waals surface area (Å²) in [5.74, 6) is 0.000521. The van der Waals surface area contributed by atoms with Crippen molar-refractivity contribution in [3.05, 3.63) is 22.9 Å². The number of halogens is 1. The Kier molecular flexibility index (Phi) is 4.55. The second-order valence-corrected chi connectivity index (χ2v) is 3.87. The zero-order chi connectivity index (χ0) is 11.3. The number of hydrogen-bond acceptors (Lipinski definition) is 3. The number of anilines is 1. The van der Waals surface area contributed by atoms with E-state index in [9.17, 15) is 4.79 Å². The third-order valence-electron chi connectivity index (χ3n) is 2.09. The van der Waals surface area contributed by atoms with Crippen molar-refractivity contribution in [3.8, 4) is 0 Å². The third-order valence-corrected chi connectivity index (χ3v) is 2.70. The lowest BCUT2D eigenvalue weighted by atomic mass is 10.3. The molecule has 1 heterocycles. The van der Waals surface area contributed by atoms with Crippen LogP contribution in [0.1, 0.15) is 6.92 Å². The van der Waals surface area contributed by atoms with Crippen LogP contribution in [-0.4, -0.2) is 31.0 Å². The number of likely N-dealkylation sites (N-methyl/N-ethyl adjacent to an activating group) is 2. The first kappa shape index (κ1) is 12.0. The lowest BCUT2D eigenvalue weighted by Crippen LogP contribution is -2.35. The van der Waals surface area contributed by atoms with Crippen molar-refractivity contribution in [2.75, 3.05) is 25.0 Å². The Balaban J connectivity index is 2.83. The fourth-order valence-corrected chi connectivity index (χ4v) is 1.75. The number of nitrogens with zero attached hydrogens (tertiary/aromatic N) is 2. The van der Waals surface area contributed by atoms with E-state index in [2.05, 4.69) is 26.2 Å². The van der Waals surface area contributed by atoms with Crippen LogP contribution in [0.3, 0.4) is 0 Å². The quantitative estimate of drug-likeness (QED) is 0.901. The molecule has 0 bridgehead atoms. The third kappa shape index (κ3) is 3.20. The Morgan fingerprint density at radius 3 is 2.93 bits per heavy atom. The van der Waals surface area contributed by atoms with Gasteiger partial charge in [-0.2, -0.15) is 0 Å². The van der Waals surface area contributed by atoms with Crippen LogP contribution < -0.4 is 10.2 Å². The van der Waals surface area contributed by atoms with Crippen molar-refractivity contribution in [2.24, 2.45) is 0 Å². The predicted octanol–water partition coefficient (Wildman–Crippen LogP) is 1.42. The van der Waals surface area contributed by atoms with Crippen LogP contribution in [0.5, 0.6) is 0 Å². The lowest BCUT2D eigenvalue weighted by molar-refractivity contribution is -0.119. The normalized spacial score (nSPS) is 9.80. The minimum absolute atomic E-state index is 0.000521. The average Bonchev–Trinajstić information content (AvgIpc) is 2.26. The maximum atomic E-state index is 11.3. The first-order valence-corrected chi connectivity index (χ1v) is 5.53. The highest BCUT2D eigenvalue weighted by Gasteiger charge is 2.11. The van der Waals surface area contributed by atoms with Crippen molar-refractivity contribution >= 4 is 27.5 Å². The summed E-state index contributed by atoms with van der Waals surface area (Å²) in [7, 11) is 1.64. The molecule has 0 unspecified atom stereocenters. The van der Waals surface area contributed by atoms with E-state index in [1.54, 1.807) is 19.4 Å². The monoisotopic (exact) mass is 271 g/mol. The number of pyridine rings is 1. The largest absolute Gasteiger partial charge is 0.361 e.